The molecule has 180 valence electrons. The standard InChI is InChI=1S/C19H24N4O3.C2HF3O2/c24-13-16(25)12-21-9-6-17-18(21)10-19(26)22(17)11-14-2-4-15(5-3-14)23-8-1-7-20-23;3-2(4,5)1(6)7/h1-5,7-8,16-18,24-25H,6,9-13H2;(H,6,7)/t16?,17-,18-;/m0./s1. The van der Waals surface area contributed by atoms with Crippen molar-refractivity contribution in [2.75, 3.05) is 19.7 Å². The number of carbonyl (C=O) groups is 2. The fourth-order valence-electron chi connectivity index (χ4n) is 4.14. The molecule has 4 rings (SSSR count). The van der Waals surface area contributed by atoms with E-state index in [1.54, 1.807) is 6.20 Å². The molecule has 0 radical (unpaired) electrons. The maximum atomic E-state index is 12.5. The Bertz CT molecular complexity index is 936. The van der Waals surface area contributed by atoms with E-state index in [9.17, 15) is 23.1 Å². The SMILES string of the molecule is O=C(O)C(F)(F)F.O=C1C[C@H]2[C@H](CCN2CC(O)CO)N1Cc1ccc(-n2cccn2)cc1. The zero-order valence-corrected chi connectivity index (χ0v) is 17.6. The number of nitrogens with zero attached hydrogens (tertiary/aromatic N) is 4. The van der Waals surface area contributed by atoms with Crippen LogP contribution in [0, 0.1) is 0 Å². The van der Waals surface area contributed by atoms with E-state index >= 15 is 0 Å². The average molecular weight is 470 g/mol. The molecule has 2 fully saturated rings. The van der Waals surface area contributed by atoms with Crippen molar-refractivity contribution in [1.82, 2.24) is 19.6 Å². The van der Waals surface area contributed by atoms with Crippen LogP contribution in [0.15, 0.2) is 42.7 Å². The van der Waals surface area contributed by atoms with Crippen molar-refractivity contribution in [3.63, 3.8) is 0 Å². The molecule has 0 bridgehead atoms. The second-order valence-electron chi connectivity index (χ2n) is 7.90. The van der Waals surface area contributed by atoms with Gasteiger partial charge in [-0.05, 0) is 30.2 Å². The molecular formula is C21H25F3N4O5. The van der Waals surface area contributed by atoms with Crippen molar-refractivity contribution in [3.8, 4) is 5.69 Å². The number of hydrogen-bond donors (Lipinski definition) is 3. The molecule has 1 unspecified atom stereocenters. The molecule has 0 saturated carbocycles. The van der Waals surface area contributed by atoms with Crippen LogP contribution in [0.3, 0.4) is 0 Å². The highest BCUT2D eigenvalue weighted by atomic mass is 19.4. The Morgan fingerprint density at radius 3 is 2.42 bits per heavy atom. The Balaban J connectivity index is 0.000000383. The van der Waals surface area contributed by atoms with Crippen LogP contribution in [-0.4, -0.2) is 90.8 Å². The van der Waals surface area contributed by atoms with Gasteiger partial charge >= 0.3 is 12.1 Å². The van der Waals surface area contributed by atoms with E-state index < -0.39 is 18.2 Å². The van der Waals surface area contributed by atoms with Crippen LogP contribution in [0.1, 0.15) is 18.4 Å². The summed E-state index contributed by atoms with van der Waals surface area (Å²) < 4.78 is 33.5. The molecule has 3 atom stereocenters. The lowest BCUT2D eigenvalue weighted by atomic mass is 10.1. The van der Waals surface area contributed by atoms with Crippen molar-refractivity contribution in [2.45, 2.75) is 43.8 Å². The van der Waals surface area contributed by atoms with Crippen LogP contribution >= 0.6 is 0 Å². The second kappa shape index (κ2) is 10.3. The van der Waals surface area contributed by atoms with Gasteiger partial charge in [0, 0.05) is 50.5 Å². The molecule has 3 N–H and O–H groups in total. The lowest BCUT2D eigenvalue weighted by Crippen LogP contribution is -2.40. The van der Waals surface area contributed by atoms with Crippen molar-refractivity contribution >= 4 is 11.9 Å². The van der Waals surface area contributed by atoms with Crippen molar-refractivity contribution < 1.29 is 38.1 Å². The fourth-order valence-corrected chi connectivity index (χ4v) is 4.14. The van der Waals surface area contributed by atoms with Crippen LogP contribution in [-0.2, 0) is 16.1 Å². The zero-order chi connectivity index (χ0) is 24.2. The number of amides is 1. The molecule has 1 amide bonds. The Morgan fingerprint density at radius 1 is 1.21 bits per heavy atom. The lowest BCUT2D eigenvalue weighted by Gasteiger charge is -2.26. The number of halogens is 3. The van der Waals surface area contributed by atoms with Crippen LogP contribution in [0.2, 0.25) is 0 Å². The third-order valence-electron chi connectivity index (χ3n) is 5.69. The summed E-state index contributed by atoms with van der Waals surface area (Å²) in [4.78, 5) is 25.5. The highest BCUT2D eigenvalue weighted by Crippen LogP contribution is 2.33. The summed E-state index contributed by atoms with van der Waals surface area (Å²) in [6, 6.07) is 10.3. The number of carboxylic acids is 1. The number of β-amino-alcohol motifs (C(OH)–C–C–N with tert-alkyl or cyclic N) is 1. The second-order valence-corrected chi connectivity index (χ2v) is 7.90. The van der Waals surface area contributed by atoms with Crippen LogP contribution in [0.4, 0.5) is 13.2 Å². The largest absolute Gasteiger partial charge is 0.490 e. The number of rotatable bonds is 6. The highest BCUT2D eigenvalue weighted by Gasteiger charge is 2.46. The Morgan fingerprint density at radius 2 is 1.88 bits per heavy atom. The van der Waals surface area contributed by atoms with E-state index in [4.69, 9.17) is 15.0 Å². The van der Waals surface area contributed by atoms with Gasteiger partial charge in [0.05, 0.1) is 18.4 Å². The van der Waals surface area contributed by atoms with Crippen molar-refractivity contribution in [2.24, 2.45) is 0 Å². The fraction of sp³-hybridized carbons (Fsp3) is 0.476. The van der Waals surface area contributed by atoms with Crippen LogP contribution in [0.5, 0.6) is 0 Å². The molecule has 33 heavy (non-hydrogen) atoms. The summed E-state index contributed by atoms with van der Waals surface area (Å²) in [7, 11) is 0. The minimum atomic E-state index is -5.08. The monoisotopic (exact) mass is 470 g/mol. The number of alkyl halides is 3. The van der Waals surface area contributed by atoms with Gasteiger partial charge in [-0.25, -0.2) is 9.48 Å². The van der Waals surface area contributed by atoms with Crippen molar-refractivity contribution in [3.05, 3.63) is 48.3 Å². The molecule has 2 aromatic rings. The summed E-state index contributed by atoms with van der Waals surface area (Å²) in [6.07, 6.45) is -0.768. The number of carboxylic acid groups (broad SMARTS) is 1. The van der Waals surface area contributed by atoms with E-state index in [2.05, 4.69) is 10.00 Å². The first-order chi connectivity index (χ1) is 15.6. The molecule has 2 saturated heterocycles. The Labute approximate surface area is 187 Å². The van der Waals surface area contributed by atoms with Gasteiger partial charge in [-0.15, -0.1) is 0 Å². The van der Waals surface area contributed by atoms with Gasteiger partial charge < -0.3 is 20.2 Å². The lowest BCUT2D eigenvalue weighted by molar-refractivity contribution is -0.192. The van der Waals surface area contributed by atoms with E-state index in [0.29, 0.717) is 19.5 Å². The van der Waals surface area contributed by atoms with E-state index in [0.717, 1.165) is 24.2 Å². The first-order valence-corrected chi connectivity index (χ1v) is 10.3. The summed E-state index contributed by atoms with van der Waals surface area (Å²) in [5, 5.41) is 30.1. The molecule has 0 aliphatic carbocycles. The predicted octanol–water partition coefficient (Wildman–Crippen LogP) is 1.03. The Hall–Kier alpha value is -2.96. The molecule has 2 aliphatic rings. The number of aliphatic carboxylic acids is 1. The third-order valence-corrected chi connectivity index (χ3v) is 5.69. The molecule has 2 aliphatic heterocycles. The summed E-state index contributed by atoms with van der Waals surface area (Å²) in [5.41, 5.74) is 2.10. The van der Waals surface area contributed by atoms with Gasteiger partial charge in [0.15, 0.2) is 0 Å². The van der Waals surface area contributed by atoms with Gasteiger partial charge in [0.25, 0.3) is 0 Å². The van der Waals surface area contributed by atoms with E-state index in [1.807, 2.05) is 46.1 Å². The number of likely N-dealkylation sites (tertiary alicyclic amines) is 2. The molecule has 9 nitrogen and oxygen atoms in total. The number of benzene rings is 1. The number of aliphatic hydroxyl groups is 2. The molecule has 0 spiro atoms. The Kier molecular flexibility index (Phi) is 7.72. The summed E-state index contributed by atoms with van der Waals surface area (Å²) in [6.45, 7) is 1.65. The predicted molar refractivity (Wildman–Crippen MR) is 109 cm³/mol. The first-order valence-electron chi connectivity index (χ1n) is 10.3. The third kappa shape index (κ3) is 6.09. The van der Waals surface area contributed by atoms with Crippen LogP contribution in [0.25, 0.3) is 5.69 Å². The minimum Gasteiger partial charge on any atom is -0.475 e. The summed E-state index contributed by atoms with van der Waals surface area (Å²) in [5.74, 6) is -2.59. The van der Waals surface area contributed by atoms with E-state index in [1.165, 1.54) is 0 Å². The maximum Gasteiger partial charge on any atom is 0.490 e. The van der Waals surface area contributed by atoms with Gasteiger partial charge in [-0.3, -0.25) is 9.69 Å². The number of aromatic nitrogens is 2. The summed E-state index contributed by atoms with van der Waals surface area (Å²) >= 11 is 0. The first kappa shape index (κ1) is 24.7. The molecule has 3 heterocycles. The van der Waals surface area contributed by atoms with E-state index in [-0.39, 0.29) is 24.6 Å². The smallest absolute Gasteiger partial charge is 0.475 e. The van der Waals surface area contributed by atoms with Gasteiger partial charge in [0.2, 0.25) is 5.91 Å². The quantitative estimate of drug-likeness (QED) is 0.577. The molecule has 1 aromatic heterocycles. The van der Waals surface area contributed by atoms with Gasteiger partial charge in [0.1, 0.15) is 0 Å². The normalized spacial score (nSPS) is 21.5. The molecule has 12 heteroatoms. The number of hydrogen-bond acceptors (Lipinski definition) is 6. The van der Waals surface area contributed by atoms with Gasteiger partial charge in [-0.2, -0.15) is 18.3 Å². The number of carbonyl (C=O) groups excluding carboxylic acids is 1. The molecular weight excluding hydrogens is 445 g/mol. The average Bonchev–Trinajstić information content (AvgIpc) is 3.49. The highest BCUT2D eigenvalue weighted by molar-refractivity contribution is 5.80. The topological polar surface area (TPSA) is 119 Å². The zero-order valence-electron chi connectivity index (χ0n) is 17.6. The number of aliphatic hydroxyl groups excluding tert-OH is 2. The van der Waals surface area contributed by atoms with Crippen LogP contribution < -0.4 is 0 Å². The minimum absolute atomic E-state index is 0.145. The van der Waals surface area contributed by atoms with Crippen molar-refractivity contribution in [1.29, 1.82) is 0 Å². The maximum absolute atomic E-state index is 12.5. The molecule has 1 aromatic carbocycles. The number of fused-ring (bicyclic) bond motifs is 1. The van der Waals surface area contributed by atoms with Gasteiger partial charge in [-0.1, -0.05) is 12.1 Å².